The number of hydrogen-bond acceptors (Lipinski definition) is 5. The number of benzene rings is 2. The second-order valence-electron chi connectivity index (χ2n) is 6.95. The summed E-state index contributed by atoms with van der Waals surface area (Å²) in [5.74, 6) is -5.52. The number of rotatable bonds is 10. The number of hydrogen-bond donors (Lipinski definition) is 2. The Labute approximate surface area is 188 Å². The summed E-state index contributed by atoms with van der Waals surface area (Å²) >= 11 is 11.9. The summed E-state index contributed by atoms with van der Waals surface area (Å²) in [5, 5.41) is 19.1. The van der Waals surface area contributed by atoms with Crippen molar-refractivity contribution in [3.8, 4) is 0 Å². The maximum atomic E-state index is 12.3. The van der Waals surface area contributed by atoms with Crippen LogP contribution in [0, 0.1) is 0 Å². The van der Waals surface area contributed by atoms with Gasteiger partial charge in [-0.25, -0.2) is 0 Å². The normalized spacial score (nSPS) is 12.6. The quantitative estimate of drug-likeness (QED) is 0.385. The third-order valence-electron chi connectivity index (χ3n) is 4.54. The van der Waals surface area contributed by atoms with Gasteiger partial charge in [-0.05, 0) is 35.4 Å². The van der Waals surface area contributed by atoms with Gasteiger partial charge in [-0.1, -0.05) is 47.5 Å². The number of esters is 2. The van der Waals surface area contributed by atoms with Gasteiger partial charge in [0.05, 0.1) is 25.7 Å². The summed E-state index contributed by atoms with van der Waals surface area (Å²) in [5.41, 5.74) is 1.06. The molecule has 2 aromatic carbocycles. The standard InChI is InChI=1S/C22H20Cl2O7/c23-17-5-1-3-13(7-17)15(9-19(25)26)11-21(29)31-22(30)12-16(10-20(27)28)14-4-2-6-18(24)8-14/h1-8,15-16H,9-12H2,(H,25,26)(H,27,28). The fourth-order valence-corrected chi connectivity index (χ4v) is 3.57. The second-order valence-corrected chi connectivity index (χ2v) is 7.83. The highest BCUT2D eigenvalue weighted by molar-refractivity contribution is 6.30. The first kappa shape index (κ1) is 24.4. The molecule has 0 saturated heterocycles. The van der Waals surface area contributed by atoms with Crippen LogP contribution in [0.5, 0.6) is 0 Å². The molecule has 0 aliphatic rings. The molecule has 0 aliphatic carbocycles. The molecule has 0 aromatic heterocycles. The van der Waals surface area contributed by atoms with Gasteiger partial charge in [-0.3, -0.25) is 19.2 Å². The van der Waals surface area contributed by atoms with Crippen molar-refractivity contribution in [2.75, 3.05) is 0 Å². The van der Waals surface area contributed by atoms with Crippen molar-refractivity contribution >= 4 is 47.1 Å². The van der Waals surface area contributed by atoms with Crippen LogP contribution in [-0.2, 0) is 23.9 Å². The van der Waals surface area contributed by atoms with E-state index in [2.05, 4.69) is 0 Å². The number of halogens is 2. The smallest absolute Gasteiger partial charge is 0.314 e. The van der Waals surface area contributed by atoms with E-state index in [1.807, 2.05) is 0 Å². The summed E-state index contributed by atoms with van der Waals surface area (Å²) in [6.45, 7) is 0. The highest BCUT2D eigenvalue weighted by Crippen LogP contribution is 2.28. The van der Waals surface area contributed by atoms with Crippen LogP contribution in [0.25, 0.3) is 0 Å². The number of carbonyl (C=O) groups is 4. The van der Waals surface area contributed by atoms with Crippen LogP contribution in [0.2, 0.25) is 10.0 Å². The van der Waals surface area contributed by atoms with Gasteiger partial charge in [0.2, 0.25) is 0 Å². The van der Waals surface area contributed by atoms with Gasteiger partial charge in [0.25, 0.3) is 0 Å². The molecule has 2 N–H and O–H groups in total. The molecule has 0 bridgehead atoms. The summed E-state index contributed by atoms with van der Waals surface area (Å²) in [4.78, 5) is 47.0. The van der Waals surface area contributed by atoms with Gasteiger partial charge >= 0.3 is 23.9 Å². The molecule has 0 spiro atoms. The van der Waals surface area contributed by atoms with Crippen LogP contribution in [0.1, 0.15) is 48.6 Å². The third-order valence-corrected chi connectivity index (χ3v) is 5.01. The average molecular weight is 467 g/mol. The Balaban J connectivity index is 2.06. The molecule has 0 radical (unpaired) electrons. The van der Waals surface area contributed by atoms with Crippen LogP contribution in [0.4, 0.5) is 0 Å². The SMILES string of the molecule is O=C(O)CC(CC(=O)OC(=O)CC(CC(=O)O)c1cccc(Cl)c1)c1cccc(Cl)c1. The summed E-state index contributed by atoms with van der Waals surface area (Å²) in [6, 6.07) is 12.9. The summed E-state index contributed by atoms with van der Waals surface area (Å²) < 4.78 is 4.85. The van der Waals surface area contributed by atoms with E-state index in [0.717, 1.165) is 0 Å². The zero-order valence-electron chi connectivity index (χ0n) is 16.3. The highest BCUT2D eigenvalue weighted by Gasteiger charge is 2.25. The molecule has 2 atom stereocenters. The molecular formula is C22H20Cl2O7. The predicted molar refractivity (Wildman–Crippen MR) is 113 cm³/mol. The van der Waals surface area contributed by atoms with Crippen molar-refractivity contribution in [3.05, 3.63) is 69.7 Å². The lowest BCUT2D eigenvalue weighted by molar-refractivity contribution is -0.160. The molecule has 31 heavy (non-hydrogen) atoms. The van der Waals surface area contributed by atoms with E-state index in [0.29, 0.717) is 21.2 Å². The van der Waals surface area contributed by atoms with E-state index in [-0.39, 0.29) is 25.7 Å². The molecular weight excluding hydrogens is 447 g/mol. The van der Waals surface area contributed by atoms with Crippen molar-refractivity contribution in [1.29, 1.82) is 0 Å². The Kier molecular flexibility index (Phi) is 9.03. The molecule has 9 heteroatoms. The number of ether oxygens (including phenoxy) is 1. The minimum absolute atomic E-state index is 0.348. The molecule has 7 nitrogen and oxygen atoms in total. The van der Waals surface area contributed by atoms with Gasteiger partial charge < -0.3 is 14.9 Å². The van der Waals surface area contributed by atoms with E-state index in [9.17, 15) is 19.2 Å². The van der Waals surface area contributed by atoms with Gasteiger partial charge in [-0.15, -0.1) is 0 Å². The van der Waals surface area contributed by atoms with Crippen LogP contribution < -0.4 is 0 Å². The fourth-order valence-electron chi connectivity index (χ4n) is 3.17. The zero-order chi connectivity index (χ0) is 23.0. The van der Waals surface area contributed by atoms with E-state index < -0.39 is 35.7 Å². The lowest BCUT2D eigenvalue weighted by Crippen LogP contribution is -2.19. The predicted octanol–water partition coefficient (Wildman–Crippen LogP) is 4.66. The minimum atomic E-state index is -1.12. The first-order chi connectivity index (χ1) is 14.6. The lowest BCUT2D eigenvalue weighted by Gasteiger charge is -2.16. The van der Waals surface area contributed by atoms with Crippen molar-refractivity contribution in [3.63, 3.8) is 0 Å². The van der Waals surface area contributed by atoms with Gasteiger partial charge in [-0.2, -0.15) is 0 Å². The van der Waals surface area contributed by atoms with Gasteiger partial charge in [0.15, 0.2) is 0 Å². The van der Waals surface area contributed by atoms with Gasteiger partial charge in [0, 0.05) is 21.9 Å². The van der Waals surface area contributed by atoms with Crippen molar-refractivity contribution in [2.24, 2.45) is 0 Å². The monoisotopic (exact) mass is 466 g/mol. The topological polar surface area (TPSA) is 118 Å². The maximum absolute atomic E-state index is 12.3. The van der Waals surface area contributed by atoms with Crippen LogP contribution in [0.15, 0.2) is 48.5 Å². The maximum Gasteiger partial charge on any atom is 0.314 e. The molecule has 0 fully saturated rings. The van der Waals surface area contributed by atoms with Crippen molar-refractivity contribution in [1.82, 2.24) is 0 Å². The van der Waals surface area contributed by atoms with Crippen LogP contribution in [0.3, 0.4) is 0 Å². The molecule has 0 heterocycles. The summed E-state index contributed by atoms with van der Waals surface area (Å²) in [7, 11) is 0. The molecule has 0 amide bonds. The Morgan fingerprint density at radius 3 is 1.42 bits per heavy atom. The molecule has 2 aromatic rings. The van der Waals surface area contributed by atoms with E-state index in [1.54, 1.807) is 48.5 Å². The van der Waals surface area contributed by atoms with Crippen molar-refractivity contribution < 1.29 is 34.1 Å². The lowest BCUT2D eigenvalue weighted by atomic mass is 9.92. The average Bonchev–Trinajstić information content (AvgIpc) is 2.66. The third kappa shape index (κ3) is 8.39. The molecule has 0 saturated carbocycles. The number of carbonyl (C=O) groups excluding carboxylic acids is 2. The van der Waals surface area contributed by atoms with E-state index in [1.165, 1.54) is 0 Å². The Hall–Kier alpha value is -2.90. The highest BCUT2D eigenvalue weighted by atomic mass is 35.5. The number of carboxylic acid groups (broad SMARTS) is 2. The Bertz CT molecular complexity index is 896. The van der Waals surface area contributed by atoms with Crippen LogP contribution >= 0.6 is 23.2 Å². The first-order valence-corrected chi connectivity index (χ1v) is 10.1. The first-order valence-electron chi connectivity index (χ1n) is 9.32. The summed E-state index contributed by atoms with van der Waals surface area (Å²) in [6.07, 6.45) is -1.40. The molecule has 2 unspecified atom stereocenters. The number of aliphatic carboxylic acids is 2. The fraction of sp³-hybridized carbons (Fsp3) is 0.273. The van der Waals surface area contributed by atoms with Crippen LogP contribution in [-0.4, -0.2) is 34.1 Å². The Morgan fingerprint density at radius 1 is 0.710 bits per heavy atom. The zero-order valence-corrected chi connectivity index (χ0v) is 17.8. The van der Waals surface area contributed by atoms with Gasteiger partial charge in [0.1, 0.15) is 0 Å². The van der Waals surface area contributed by atoms with Crippen molar-refractivity contribution in [2.45, 2.75) is 37.5 Å². The second kappa shape index (κ2) is 11.5. The molecule has 0 aliphatic heterocycles. The minimum Gasteiger partial charge on any atom is -0.481 e. The molecule has 2 rings (SSSR count). The Morgan fingerprint density at radius 2 is 1.10 bits per heavy atom. The van der Waals surface area contributed by atoms with E-state index in [4.69, 9.17) is 38.2 Å². The largest absolute Gasteiger partial charge is 0.481 e. The number of carboxylic acids is 2. The van der Waals surface area contributed by atoms with E-state index >= 15 is 0 Å². The molecule has 164 valence electrons.